The Balaban J connectivity index is 1.96. The standard InChI is InChI=1S/C13H19NO3/c1-16-12-4-2-11(3-5-12)14-13(8-15)10-6-7-17-9-10/h2-5,10,13-15H,6-9H2,1H3. The smallest absolute Gasteiger partial charge is 0.119 e. The minimum atomic E-state index is 0.0610. The number of methoxy groups -OCH3 is 1. The van der Waals surface area contributed by atoms with Crippen LogP contribution in [-0.4, -0.2) is 38.1 Å². The molecule has 0 saturated carbocycles. The molecule has 2 atom stereocenters. The first-order chi connectivity index (χ1) is 8.33. The summed E-state index contributed by atoms with van der Waals surface area (Å²) in [6.07, 6.45) is 1.01. The lowest BCUT2D eigenvalue weighted by Crippen LogP contribution is -2.32. The molecule has 0 radical (unpaired) electrons. The third kappa shape index (κ3) is 3.11. The lowest BCUT2D eigenvalue weighted by atomic mass is 9.99. The Morgan fingerprint density at radius 1 is 1.47 bits per heavy atom. The van der Waals surface area contributed by atoms with E-state index < -0.39 is 0 Å². The molecule has 0 bridgehead atoms. The van der Waals surface area contributed by atoms with Crippen LogP contribution in [0.5, 0.6) is 5.75 Å². The lowest BCUT2D eigenvalue weighted by Gasteiger charge is -2.22. The van der Waals surface area contributed by atoms with E-state index in [9.17, 15) is 5.11 Å². The molecule has 4 nitrogen and oxygen atoms in total. The van der Waals surface area contributed by atoms with Gasteiger partial charge in [0.1, 0.15) is 5.75 Å². The van der Waals surface area contributed by atoms with Crippen LogP contribution in [0.15, 0.2) is 24.3 Å². The number of anilines is 1. The van der Waals surface area contributed by atoms with Crippen molar-refractivity contribution in [1.29, 1.82) is 0 Å². The van der Waals surface area contributed by atoms with Gasteiger partial charge in [-0.05, 0) is 30.7 Å². The van der Waals surface area contributed by atoms with Crippen molar-refractivity contribution in [3.05, 3.63) is 24.3 Å². The fourth-order valence-electron chi connectivity index (χ4n) is 2.08. The van der Waals surface area contributed by atoms with Crippen LogP contribution in [0.4, 0.5) is 5.69 Å². The van der Waals surface area contributed by atoms with Crippen LogP contribution in [0.1, 0.15) is 6.42 Å². The maximum absolute atomic E-state index is 9.41. The second-order valence-corrected chi connectivity index (χ2v) is 4.29. The van der Waals surface area contributed by atoms with Crippen molar-refractivity contribution in [2.45, 2.75) is 12.5 Å². The van der Waals surface area contributed by atoms with Crippen molar-refractivity contribution in [2.24, 2.45) is 5.92 Å². The number of hydrogen-bond donors (Lipinski definition) is 2. The van der Waals surface area contributed by atoms with Gasteiger partial charge in [0, 0.05) is 18.2 Å². The molecule has 94 valence electrons. The molecule has 2 rings (SSSR count). The highest BCUT2D eigenvalue weighted by Gasteiger charge is 2.24. The van der Waals surface area contributed by atoms with Crippen LogP contribution >= 0.6 is 0 Å². The quantitative estimate of drug-likeness (QED) is 0.815. The molecular formula is C13H19NO3. The van der Waals surface area contributed by atoms with Gasteiger partial charge in [0.25, 0.3) is 0 Å². The zero-order valence-corrected chi connectivity index (χ0v) is 10.1. The van der Waals surface area contributed by atoms with E-state index in [0.717, 1.165) is 31.1 Å². The van der Waals surface area contributed by atoms with Crippen LogP contribution in [0.3, 0.4) is 0 Å². The average molecular weight is 237 g/mol. The van der Waals surface area contributed by atoms with E-state index in [4.69, 9.17) is 9.47 Å². The Labute approximate surface area is 102 Å². The summed E-state index contributed by atoms with van der Waals surface area (Å²) in [5.74, 6) is 1.22. The molecule has 4 heteroatoms. The maximum atomic E-state index is 9.41. The Hall–Kier alpha value is -1.26. The predicted octanol–water partition coefficient (Wildman–Crippen LogP) is 1.50. The van der Waals surface area contributed by atoms with Crippen molar-refractivity contribution < 1.29 is 14.6 Å². The molecule has 2 N–H and O–H groups in total. The Morgan fingerprint density at radius 2 is 2.24 bits per heavy atom. The normalized spacial score (nSPS) is 21.2. The molecule has 0 aliphatic carbocycles. The largest absolute Gasteiger partial charge is 0.497 e. The summed E-state index contributed by atoms with van der Waals surface area (Å²) in [5.41, 5.74) is 0.997. The molecule has 1 fully saturated rings. The van der Waals surface area contributed by atoms with Gasteiger partial charge in [-0.3, -0.25) is 0 Å². The first-order valence-corrected chi connectivity index (χ1v) is 5.92. The highest BCUT2D eigenvalue weighted by Crippen LogP contribution is 2.21. The van der Waals surface area contributed by atoms with E-state index >= 15 is 0 Å². The van der Waals surface area contributed by atoms with Crippen LogP contribution in [-0.2, 0) is 4.74 Å². The predicted molar refractivity (Wildman–Crippen MR) is 66.4 cm³/mol. The molecule has 1 aromatic carbocycles. The number of aliphatic hydroxyl groups is 1. The van der Waals surface area contributed by atoms with Gasteiger partial charge in [-0.15, -0.1) is 0 Å². The van der Waals surface area contributed by atoms with E-state index in [-0.39, 0.29) is 12.6 Å². The van der Waals surface area contributed by atoms with Crippen LogP contribution in [0, 0.1) is 5.92 Å². The van der Waals surface area contributed by atoms with Crippen molar-refractivity contribution in [3.8, 4) is 5.75 Å². The molecule has 1 saturated heterocycles. The first kappa shape index (κ1) is 12.2. The number of aliphatic hydroxyl groups excluding tert-OH is 1. The van der Waals surface area contributed by atoms with Gasteiger partial charge < -0.3 is 19.9 Å². The topological polar surface area (TPSA) is 50.7 Å². The Kier molecular flexibility index (Phi) is 4.23. The number of benzene rings is 1. The van der Waals surface area contributed by atoms with Crippen molar-refractivity contribution >= 4 is 5.69 Å². The molecule has 0 amide bonds. The highest BCUT2D eigenvalue weighted by molar-refractivity contribution is 5.47. The van der Waals surface area contributed by atoms with Gasteiger partial charge in [0.05, 0.1) is 26.4 Å². The number of ether oxygens (including phenoxy) is 2. The van der Waals surface area contributed by atoms with Crippen LogP contribution in [0.25, 0.3) is 0 Å². The van der Waals surface area contributed by atoms with E-state index in [1.165, 1.54) is 0 Å². The van der Waals surface area contributed by atoms with E-state index in [0.29, 0.717) is 5.92 Å². The number of hydrogen-bond acceptors (Lipinski definition) is 4. The first-order valence-electron chi connectivity index (χ1n) is 5.92. The Bertz CT molecular complexity index is 333. The fraction of sp³-hybridized carbons (Fsp3) is 0.538. The minimum absolute atomic E-state index is 0.0610. The molecule has 2 unspecified atom stereocenters. The van der Waals surface area contributed by atoms with Crippen LogP contribution < -0.4 is 10.1 Å². The summed E-state index contributed by atoms with van der Waals surface area (Å²) in [5, 5.41) is 12.7. The van der Waals surface area contributed by atoms with Crippen LogP contribution in [0.2, 0.25) is 0 Å². The summed E-state index contributed by atoms with van der Waals surface area (Å²) in [7, 11) is 1.65. The number of nitrogens with one attached hydrogen (secondary N) is 1. The third-order valence-corrected chi connectivity index (χ3v) is 3.17. The average Bonchev–Trinajstić information content (AvgIpc) is 2.90. The summed E-state index contributed by atoms with van der Waals surface area (Å²) in [6.45, 7) is 1.65. The highest BCUT2D eigenvalue weighted by atomic mass is 16.5. The van der Waals surface area contributed by atoms with Gasteiger partial charge in [-0.25, -0.2) is 0 Å². The van der Waals surface area contributed by atoms with Gasteiger partial charge in [-0.2, -0.15) is 0 Å². The maximum Gasteiger partial charge on any atom is 0.119 e. The zero-order valence-electron chi connectivity index (χ0n) is 10.1. The van der Waals surface area contributed by atoms with E-state index in [2.05, 4.69) is 5.32 Å². The fourth-order valence-corrected chi connectivity index (χ4v) is 2.08. The summed E-state index contributed by atoms with van der Waals surface area (Å²) in [6, 6.07) is 7.78. The van der Waals surface area contributed by atoms with Crippen molar-refractivity contribution in [1.82, 2.24) is 0 Å². The molecule has 17 heavy (non-hydrogen) atoms. The van der Waals surface area contributed by atoms with Crippen molar-refractivity contribution in [2.75, 3.05) is 32.2 Å². The molecular weight excluding hydrogens is 218 g/mol. The molecule has 0 aromatic heterocycles. The monoisotopic (exact) mass is 237 g/mol. The second-order valence-electron chi connectivity index (χ2n) is 4.29. The summed E-state index contributed by atoms with van der Waals surface area (Å²) >= 11 is 0. The Morgan fingerprint density at radius 3 is 2.76 bits per heavy atom. The van der Waals surface area contributed by atoms with E-state index in [1.54, 1.807) is 7.11 Å². The van der Waals surface area contributed by atoms with Gasteiger partial charge >= 0.3 is 0 Å². The second kappa shape index (κ2) is 5.89. The summed E-state index contributed by atoms with van der Waals surface area (Å²) in [4.78, 5) is 0. The molecule has 0 spiro atoms. The molecule has 1 aliphatic rings. The van der Waals surface area contributed by atoms with E-state index in [1.807, 2.05) is 24.3 Å². The molecule has 1 aliphatic heterocycles. The third-order valence-electron chi connectivity index (χ3n) is 3.17. The molecule has 1 heterocycles. The van der Waals surface area contributed by atoms with Crippen molar-refractivity contribution in [3.63, 3.8) is 0 Å². The molecule has 1 aromatic rings. The van der Waals surface area contributed by atoms with Gasteiger partial charge in [0.15, 0.2) is 0 Å². The lowest BCUT2D eigenvalue weighted by molar-refractivity contribution is 0.170. The zero-order chi connectivity index (χ0) is 12.1. The van der Waals surface area contributed by atoms with Gasteiger partial charge in [0.2, 0.25) is 0 Å². The minimum Gasteiger partial charge on any atom is -0.497 e. The SMILES string of the molecule is COc1ccc(NC(CO)C2CCOC2)cc1. The van der Waals surface area contributed by atoms with Gasteiger partial charge in [-0.1, -0.05) is 0 Å². The summed E-state index contributed by atoms with van der Waals surface area (Å²) < 4.78 is 10.4. The number of rotatable bonds is 5.